The summed E-state index contributed by atoms with van der Waals surface area (Å²) in [6, 6.07) is 8.54. The van der Waals surface area contributed by atoms with Gasteiger partial charge in [-0.05, 0) is 18.2 Å². The largest absolute Gasteiger partial charge is 0.424 e. The van der Waals surface area contributed by atoms with Crippen LogP contribution in [0.15, 0.2) is 55.0 Å². The van der Waals surface area contributed by atoms with Gasteiger partial charge in [-0.1, -0.05) is 46.9 Å². The first-order valence-corrected chi connectivity index (χ1v) is 12.5. The fourth-order valence-electron chi connectivity index (χ4n) is 4.13. The molecule has 2 aromatic carbocycles. The van der Waals surface area contributed by atoms with E-state index in [0.717, 1.165) is 19.3 Å². The molecule has 11 nitrogen and oxygen atoms in total. The second kappa shape index (κ2) is 11.4. The van der Waals surface area contributed by atoms with E-state index in [2.05, 4.69) is 4.98 Å². The Kier molecular flexibility index (Phi) is 8.19. The highest BCUT2D eigenvalue weighted by Crippen LogP contribution is 2.36. The molecule has 40 heavy (non-hydrogen) atoms. The van der Waals surface area contributed by atoms with E-state index < -0.39 is 28.5 Å². The third-order valence-corrected chi connectivity index (χ3v) is 6.50. The van der Waals surface area contributed by atoms with E-state index in [1.165, 1.54) is 54.1 Å². The first-order valence-electron chi connectivity index (χ1n) is 11.3. The Morgan fingerprint density at radius 3 is 2.33 bits per heavy atom. The lowest BCUT2D eigenvalue weighted by molar-refractivity contribution is -0.385. The van der Waals surface area contributed by atoms with Gasteiger partial charge in [0.1, 0.15) is 0 Å². The van der Waals surface area contributed by atoms with E-state index in [9.17, 15) is 29.3 Å². The molecule has 0 atom stereocenters. The summed E-state index contributed by atoms with van der Waals surface area (Å²) in [5, 5.41) is 11.7. The van der Waals surface area contributed by atoms with Crippen molar-refractivity contribution in [3.05, 3.63) is 91.3 Å². The van der Waals surface area contributed by atoms with Gasteiger partial charge in [-0.2, -0.15) is 0 Å². The topological polar surface area (TPSA) is 142 Å². The van der Waals surface area contributed by atoms with Crippen LogP contribution < -0.4 is 9.64 Å². The molecule has 0 spiro atoms. The Balaban J connectivity index is 1.90. The summed E-state index contributed by atoms with van der Waals surface area (Å²) in [4.78, 5) is 66.8. The smallest absolute Gasteiger partial charge is 0.308 e. The lowest BCUT2D eigenvalue weighted by Gasteiger charge is -2.20. The van der Waals surface area contributed by atoms with Crippen molar-refractivity contribution in [2.45, 2.75) is 20.4 Å². The van der Waals surface area contributed by atoms with Gasteiger partial charge in [-0.25, -0.2) is 4.90 Å². The van der Waals surface area contributed by atoms with Crippen LogP contribution in [0.3, 0.4) is 0 Å². The van der Waals surface area contributed by atoms with Crippen molar-refractivity contribution in [2.24, 2.45) is 0 Å². The lowest BCUT2D eigenvalue weighted by Crippen LogP contribution is -2.40. The standard InChI is InChI=1S/C26H17Cl3N4O7/c1-13(34)32(24-19(28)9-30-10-20(24)29)26(37)25(36)18-12-31(11-15-6-7-16(27)8-21(15)33(38)39)23-17(18)4-3-5-22(23)40-14(2)35/h3-10,12H,11H2,1-2H3. The van der Waals surface area contributed by atoms with Gasteiger partial charge in [0.15, 0.2) is 5.75 Å². The summed E-state index contributed by atoms with van der Waals surface area (Å²) >= 11 is 18.2. The zero-order valence-corrected chi connectivity index (χ0v) is 23.0. The van der Waals surface area contributed by atoms with Crippen molar-refractivity contribution in [1.29, 1.82) is 0 Å². The van der Waals surface area contributed by atoms with Crippen LogP contribution in [0.25, 0.3) is 10.9 Å². The highest BCUT2D eigenvalue weighted by atomic mass is 35.5. The molecule has 2 heterocycles. The summed E-state index contributed by atoms with van der Waals surface area (Å²) in [6.07, 6.45) is 3.60. The zero-order chi connectivity index (χ0) is 29.3. The van der Waals surface area contributed by atoms with E-state index in [0.29, 0.717) is 4.90 Å². The highest BCUT2D eigenvalue weighted by molar-refractivity contribution is 6.54. The van der Waals surface area contributed by atoms with E-state index in [-0.39, 0.29) is 60.8 Å². The second-order valence-electron chi connectivity index (χ2n) is 8.39. The van der Waals surface area contributed by atoms with E-state index in [1.54, 1.807) is 0 Å². The predicted molar refractivity (Wildman–Crippen MR) is 147 cm³/mol. The molecule has 2 amide bonds. The van der Waals surface area contributed by atoms with Crippen LogP contribution >= 0.6 is 34.8 Å². The number of nitro benzene ring substituents is 1. The number of nitro groups is 1. The summed E-state index contributed by atoms with van der Waals surface area (Å²) in [5.74, 6) is -3.84. The van der Waals surface area contributed by atoms with Crippen molar-refractivity contribution in [2.75, 3.05) is 4.90 Å². The minimum atomic E-state index is -1.27. The minimum absolute atomic E-state index is 0.0387. The van der Waals surface area contributed by atoms with Crippen LogP contribution in [-0.4, -0.2) is 38.0 Å². The van der Waals surface area contributed by atoms with Crippen LogP contribution in [0.4, 0.5) is 11.4 Å². The summed E-state index contributed by atoms with van der Waals surface area (Å²) < 4.78 is 6.75. The molecule has 0 saturated carbocycles. The van der Waals surface area contributed by atoms with E-state index in [4.69, 9.17) is 39.5 Å². The number of Topliss-reactive ketones (excluding diaryl/α,β-unsaturated/α-hetero) is 1. The zero-order valence-electron chi connectivity index (χ0n) is 20.7. The second-order valence-corrected chi connectivity index (χ2v) is 9.64. The maximum Gasteiger partial charge on any atom is 0.308 e. The van der Waals surface area contributed by atoms with Crippen molar-refractivity contribution < 1.29 is 28.8 Å². The number of pyridine rings is 1. The Morgan fingerprint density at radius 2 is 1.73 bits per heavy atom. The number of para-hydroxylation sites is 1. The molecule has 0 radical (unpaired) electrons. The molecule has 0 aliphatic carbocycles. The summed E-state index contributed by atoms with van der Waals surface area (Å²) in [7, 11) is 0. The number of fused-ring (bicyclic) bond motifs is 1. The normalized spacial score (nSPS) is 10.8. The van der Waals surface area contributed by atoms with E-state index in [1.807, 2.05) is 0 Å². The Labute approximate surface area is 241 Å². The number of nitrogens with zero attached hydrogens (tertiary/aromatic N) is 4. The number of hydrogen-bond donors (Lipinski definition) is 0. The Morgan fingerprint density at radius 1 is 1.05 bits per heavy atom. The number of carbonyl (C=O) groups is 4. The average Bonchev–Trinajstić information content (AvgIpc) is 3.25. The molecule has 0 aliphatic rings. The molecular weight excluding hydrogens is 587 g/mol. The van der Waals surface area contributed by atoms with Gasteiger partial charge in [0.05, 0.1) is 38.3 Å². The monoisotopic (exact) mass is 602 g/mol. The molecule has 0 saturated heterocycles. The third-order valence-electron chi connectivity index (χ3n) is 5.71. The van der Waals surface area contributed by atoms with Gasteiger partial charge in [-0.3, -0.25) is 34.3 Å². The van der Waals surface area contributed by atoms with Crippen LogP contribution in [-0.2, 0) is 20.9 Å². The molecule has 0 unspecified atom stereocenters. The van der Waals surface area contributed by atoms with Crippen LogP contribution in [0, 0.1) is 10.1 Å². The number of amides is 2. The Bertz CT molecular complexity index is 1710. The van der Waals surface area contributed by atoms with Gasteiger partial charge in [0, 0.05) is 54.5 Å². The predicted octanol–water partition coefficient (Wildman–Crippen LogP) is 5.64. The fraction of sp³-hybridized carbons (Fsp3) is 0.115. The van der Waals surface area contributed by atoms with Gasteiger partial charge < -0.3 is 9.30 Å². The number of aromatic nitrogens is 2. The number of ketones is 1. The number of benzene rings is 2. The molecule has 0 fully saturated rings. The number of ether oxygens (including phenoxy) is 1. The SMILES string of the molecule is CC(=O)Oc1cccc2c(C(=O)C(=O)N(C(C)=O)c3c(Cl)cncc3Cl)cn(Cc3ccc(Cl)cc3[N+](=O)[O-])c12. The first kappa shape index (κ1) is 28.7. The maximum absolute atomic E-state index is 13.6. The van der Waals surface area contributed by atoms with Gasteiger partial charge >= 0.3 is 11.9 Å². The number of imide groups is 1. The van der Waals surface area contributed by atoms with Gasteiger partial charge in [0.2, 0.25) is 5.91 Å². The molecule has 4 aromatic rings. The van der Waals surface area contributed by atoms with Crippen LogP contribution in [0.5, 0.6) is 5.75 Å². The highest BCUT2D eigenvalue weighted by Gasteiger charge is 2.33. The number of halogens is 3. The minimum Gasteiger partial charge on any atom is -0.424 e. The molecule has 0 N–H and O–H groups in total. The van der Waals surface area contributed by atoms with Crippen molar-refractivity contribution in [3.8, 4) is 5.75 Å². The van der Waals surface area contributed by atoms with Crippen LogP contribution in [0.2, 0.25) is 15.1 Å². The van der Waals surface area contributed by atoms with E-state index >= 15 is 0 Å². The average molecular weight is 604 g/mol. The van der Waals surface area contributed by atoms with Gasteiger partial charge in [-0.15, -0.1) is 0 Å². The molecular formula is C26H17Cl3N4O7. The van der Waals surface area contributed by atoms with Crippen molar-refractivity contribution in [1.82, 2.24) is 9.55 Å². The number of rotatable bonds is 7. The number of carbonyl (C=O) groups excluding carboxylic acids is 4. The Hall–Kier alpha value is -4.32. The number of anilines is 1. The lowest BCUT2D eigenvalue weighted by atomic mass is 10.1. The third kappa shape index (κ3) is 5.53. The molecule has 14 heteroatoms. The van der Waals surface area contributed by atoms with Crippen LogP contribution in [0.1, 0.15) is 29.8 Å². The van der Waals surface area contributed by atoms with Crippen molar-refractivity contribution >= 4 is 80.6 Å². The number of esters is 1. The quantitative estimate of drug-likeness (QED) is 0.0660. The maximum atomic E-state index is 13.6. The molecule has 0 bridgehead atoms. The van der Waals surface area contributed by atoms with Gasteiger partial charge in [0.25, 0.3) is 11.5 Å². The first-order chi connectivity index (χ1) is 18.9. The fourth-order valence-corrected chi connectivity index (χ4v) is 4.83. The molecule has 4 rings (SSSR count). The molecule has 2 aromatic heterocycles. The number of hydrogen-bond acceptors (Lipinski definition) is 8. The summed E-state index contributed by atoms with van der Waals surface area (Å²) in [6.45, 7) is 2.07. The molecule has 0 aliphatic heterocycles. The van der Waals surface area contributed by atoms with Crippen molar-refractivity contribution in [3.63, 3.8) is 0 Å². The molecule has 204 valence electrons. The summed E-state index contributed by atoms with van der Waals surface area (Å²) in [5.41, 5.74) is -0.251.